The van der Waals surface area contributed by atoms with E-state index < -0.39 is 0 Å². The molecule has 17 heavy (non-hydrogen) atoms. The number of hydrogen-bond acceptors (Lipinski definition) is 1. The van der Waals surface area contributed by atoms with Gasteiger partial charge >= 0.3 is 0 Å². The molecule has 0 heterocycles. The van der Waals surface area contributed by atoms with E-state index in [1.165, 1.54) is 51.4 Å². The molecule has 0 amide bonds. The maximum atomic E-state index is 6.07. The smallest absolute Gasteiger partial charge is 0.189 e. The SMILES string of the molecule is NC(=NC1CC1)NC12CC3CC(CC(C3)C1)C2. The van der Waals surface area contributed by atoms with Gasteiger partial charge < -0.3 is 11.1 Å². The topological polar surface area (TPSA) is 50.4 Å². The van der Waals surface area contributed by atoms with Crippen LogP contribution in [0.2, 0.25) is 0 Å². The van der Waals surface area contributed by atoms with E-state index in [2.05, 4.69) is 10.3 Å². The molecule has 94 valence electrons. The summed E-state index contributed by atoms with van der Waals surface area (Å²) in [6, 6.07) is 0.538. The monoisotopic (exact) mass is 233 g/mol. The second-order valence-electron chi connectivity index (χ2n) is 7.07. The van der Waals surface area contributed by atoms with Crippen molar-refractivity contribution in [2.45, 2.75) is 62.9 Å². The van der Waals surface area contributed by atoms with Gasteiger partial charge in [-0.15, -0.1) is 0 Å². The Labute approximate surface area is 103 Å². The second kappa shape index (κ2) is 3.39. The van der Waals surface area contributed by atoms with Crippen LogP contribution >= 0.6 is 0 Å². The number of nitrogens with zero attached hydrogens (tertiary/aromatic N) is 1. The molecule has 0 atom stereocenters. The van der Waals surface area contributed by atoms with Crippen LogP contribution in [0.25, 0.3) is 0 Å². The minimum absolute atomic E-state index is 0.331. The fourth-order valence-corrected chi connectivity index (χ4v) is 4.97. The van der Waals surface area contributed by atoms with Gasteiger partial charge in [-0.25, -0.2) is 0 Å². The molecule has 5 aliphatic carbocycles. The number of rotatable bonds is 2. The molecule has 3 heteroatoms. The number of aliphatic imine (C=N–C) groups is 1. The Morgan fingerprint density at radius 1 is 1.00 bits per heavy atom. The lowest BCUT2D eigenvalue weighted by molar-refractivity contribution is -0.0102. The first kappa shape index (κ1) is 10.2. The van der Waals surface area contributed by atoms with E-state index in [0.29, 0.717) is 11.6 Å². The number of nitrogens with two attached hydrogens (primary N) is 1. The molecular weight excluding hydrogens is 210 g/mol. The highest BCUT2D eigenvalue weighted by Crippen LogP contribution is 2.55. The minimum atomic E-state index is 0.331. The molecule has 0 aromatic rings. The molecule has 3 nitrogen and oxygen atoms in total. The summed E-state index contributed by atoms with van der Waals surface area (Å²) < 4.78 is 0. The van der Waals surface area contributed by atoms with Gasteiger partial charge in [-0.1, -0.05) is 0 Å². The summed E-state index contributed by atoms with van der Waals surface area (Å²) in [4.78, 5) is 4.55. The molecule has 0 aliphatic heterocycles. The van der Waals surface area contributed by atoms with Crippen LogP contribution in [-0.2, 0) is 0 Å². The fourth-order valence-electron chi connectivity index (χ4n) is 4.97. The Balaban J connectivity index is 1.52. The van der Waals surface area contributed by atoms with E-state index in [9.17, 15) is 0 Å². The van der Waals surface area contributed by atoms with Crippen molar-refractivity contribution in [1.29, 1.82) is 0 Å². The third kappa shape index (κ3) is 1.84. The van der Waals surface area contributed by atoms with Crippen molar-refractivity contribution < 1.29 is 0 Å². The first-order valence-corrected chi connectivity index (χ1v) is 7.32. The Morgan fingerprint density at radius 3 is 2.00 bits per heavy atom. The molecule has 5 aliphatic rings. The highest BCUT2D eigenvalue weighted by molar-refractivity contribution is 5.79. The van der Waals surface area contributed by atoms with Crippen molar-refractivity contribution in [2.24, 2.45) is 28.5 Å². The van der Waals surface area contributed by atoms with Gasteiger partial charge in [0.25, 0.3) is 0 Å². The first-order valence-electron chi connectivity index (χ1n) is 7.32. The minimum Gasteiger partial charge on any atom is -0.370 e. The summed E-state index contributed by atoms with van der Waals surface area (Å²) in [5, 5.41) is 3.62. The lowest BCUT2D eigenvalue weighted by Gasteiger charge is -2.57. The molecule has 0 saturated heterocycles. The Kier molecular flexibility index (Phi) is 2.04. The highest BCUT2D eigenvalue weighted by Gasteiger charge is 2.51. The van der Waals surface area contributed by atoms with Crippen LogP contribution < -0.4 is 11.1 Å². The van der Waals surface area contributed by atoms with Crippen LogP contribution in [0, 0.1) is 17.8 Å². The maximum Gasteiger partial charge on any atom is 0.189 e. The first-order chi connectivity index (χ1) is 8.21. The lowest BCUT2D eigenvalue weighted by atomic mass is 9.53. The zero-order chi connectivity index (χ0) is 11.5. The van der Waals surface area contributed by atoms with Crippen LogP contribution in [0.15, 0.2) is 4.99 Å². The summed E-state index contributed by atoms with van der Waals surface area (Å²) >= 11 is 0. The average Bonchev–Trinajstić information content (AvgIpc) is 2.97. The van der Waals surface area contributed by atoms with Gasteiger partial charge in [0.15, 0.2) is 5.96 Å². The van der Waals surface area contributed by atoms with Crippen molar-refractivity contribution >= 4 is 5.96 Å². The Bertz CT molecular complexity index is 321. The average molecular weight is 233 g/mol. The van der Waals surface area contributed by atoms with E-state index in [-0.39, 0.29) is 0 Å². The fraction of sp³-hybridized carbons (Fsp3) is 0.929. The highest BCUT2D eigenvalue weighted by atomic mass is 15.2. The van der Waals surface area contributed by atoms with Gasteiger partial charge in [0.2, 0.25) is 0 Å². The summed E-state index contributed by atoms with van der Waals surface area (Å²) in [5.41, 5.74) is 6.41. The molecule has 5 saturated carbocycles. The summed E-state index contributed by atoms with van der Waals surface area (Å²) in [7, 11) is 0. The standard InChI is InChI=1S/C14H23N3/c15-13(16-12-1-2-12)17-14-6-9-3-10(7-14)5-11(4-9)8-14/h9-12H,1-8H2,(H3,15,16,17). The second-order valence-corrected chi connectivity index (χ2v) is 7.07. The van der Waals surface area contributed by atoms with Gasteiger partial charge in [-0.2, -0.15) is 0 Å². The van der Waals surface area contributed by atoms with Gasteiger partial charge in [-0.3, -0.25) is 4.99 Å². The van der Waals surface area contributed by atoms with Crippen LogP contribution in [0.3, 0.4) is 0 Å². The molecular formula is C14H23N3. The predicted octanol–water partition coefficient (Wildman–Crippen LogP) is 2.02. The molecule has 5 rings (SSSR count). The third-order valence-corrected chi connectivity index (χ3v) is 5.30. The number of hydrogen-bond donors (Lipinski definition) is 2. The van der Waals surface area contributed by atoms with Crippen molar-refractivity contribution in [3.63, 3.8) is 0 Å². The third-order valence-electron chi connectivity index (χ3n) is 5.30. The Hall–Kier alpha value is -0.730. The van der Waals surface area contributed by atoms with Crippen LogP contribution in [0.1, 0.15) is 51.4 Å². The van der Waals surface area contributed by atoms with Crippen molar-refractivity contribution in [3.05, 3.63) is 0 Å². The molecule has 0 unspecified atom stereocenters. The van der Waals surface area contributed by atoms with Gasteiger partial charge in [0.05, 0.1) is 6.04 Å². The molecule has 0 spiro atoms. The summed E-state index contributed by atoms with van der Waals surface area (Å²) in [6.07, 6.45) is 11.0. The van der Waals surface area contributed by atoms with E-state index in [0.717, 1.165) is 23.7 Å². The van der Waals surface area contributed by atoms with E-state index in [1.807, 2.05) is 0 Å². The van der Waals surface area contributed by atoms with E-state index >= 15 is 0 Å². The van der Waals surface area contributed by atoms with Gasteiger partial charge in [0.1, 0.15) is 0 Å². The van der Waals surface area contributed by atoms with Crippen molar-refractivity contribution in [1.82, 2.24) is 5.32 Å². The molecule has 0 radical (unpaired) electrons. The quantitative estimate of drug-likeness (QED) is 0.566. The van der Waals surface area contributed by atoms with Crippen LogP contribution in [-0.4, -0.2) is 17.5 Å². The number of nitrogens with one attached hydrogen (secondary N) is 1. The normalized spacial score (nSPS) is 48.5. The largest absolute Gasteiger partial charge is 0.370 e. The number of guanidine groups is 1. The van der Waals surface area contributed by atoms with E-state index in [4.69, 9.17) is 5.73 Å². The molecule has 0 aromatic carbocycles. The zero-order valence-corrected chi connectivity index (χ0v) is 10.5. The van der Waals surface area contributed by atoms with Gasteiger partial charge in [-0.05, 0) is 69.1 Å². The zero-order valence-electron chi connectivity index (χ0n) is 10.5. The summed E-state index contributed by atoms with van der Waals surface area (Å²) in [5.74, 6) is 3.65. The maximum absolute atomic E-state index is 6.07. The van der Waals surface area contributed by atoms with Crippen LogP contribution in [0.5, 0.6) is 0 Å². The van der Waals surface area contributed by atoms with Crippen molar-refractivity contribution in [2.75, 3.05) is 0 Å². The summed E-state index contributed by atoms with van der Waals surface area (Å²) in [6.45, 7) is 0. The molecule has 5 fully saturated rings. The molecule has 3 N–H and O–H groups in total. The van der Waals surface area contributed by atoms with Gasteiger partial charge in [0, 0.05) is 5.54 Å². The van der Waals surface area contributed by atoms with E-state index in [1.54, 1.807) is 0 Å². The molecule has 0 aromatic heterocycles. The van der Waals surface area contributed by atoms with Crippen LogP contribution in [0.4, 0.5) is 0 Å². The Morgan fingerprint density at radius 2 is 1.53 bits per heavy atom. The predicted molar refractivity (Wildman–Crippen MR) is 68.7 cm³/mol. The lowest BCUT2D eigenvalue weighted by Crippen LogP contribution is -2.61. The molecule has 4 bridgehead atoms. The van der Waals surface area contributed by atoms with Crippen molar-refractivity contribution in [3.8, 4) is 0 Å².